The van der Waals surface area contributed by atoms with Gasteiger partial charge in [0.05, 0.1) is 12.9 Å². The quantitative estimate of drug-likeness (QED) is 0.676. The van der Waals surface area contributed by atoms with Crippen LogP contribution in [-0.2, 0) is 13.1 Å². The Morgan fingerprint density at radius 2 is 2.00 bits per heavy atom. The van der Waals surface area contributed by atoms with Gasteiger partial charge in [-0.1, -0.05) is 30.3 Å². The van der Waals surface area contributed by atoms with E-state index in [1.54, 1.807) is 6.20 Å². The molecular weight excluding hydrogens is 262 g/mol. The van der Waals surface area contributed by atoms with Crippen LogP contribution in [0.4, 0.5) is 0 Å². The maximum Gasteiger partial charge on any atom is 0.134 e. The summed E-state index contributed by atoms with van der Waals surface area (Å²) in [5.74, 6) is 1.89. The molecule has 3 rings (SSSR count). The average Bonchev–Trinajstić information content (AvgIpc) is 3.19. The second-order valence-electron chi connectivity index (χ2n) is 4.96. The van der Waals surface area contributed by atoms with Crippen molar-refractivity contribution in [2.45, 2.75) is 19.5 Å². The van der Waals surface area contributed by atoms with Gasteiger partial charge in [-0.15, -0.1) is 0 Å². The maximum atomic E-state index is 5.84. The van der Waals surface area contributed by atoms with E-state index in [-0.39, 0.29) is 0 Å². The van der Waals surface area contributed by atoms with E-state index in [4.69, 9.17) is 4.42 Å². The van der Waals surface area contributed by atoms with Crippen molar-refractivity contribution in [1.82, 2.24) is 14.9 Å². The lowest BCUT2D eigenvalue weighted by Crippen LogP contribution is -2.15. The van der Waals surface area contributed by atoms with Gasteiger partial charge in [-0.3, -0.25) is 0 Å². The Hall–Kier alpha value is -2.33. The number of benzene rings is 1. The topological polar surface area (TPSA) is 43.0 Å². The van der Waals surface area contributed by atoms with Crippen LogP contribution >= 0.6 is 0 Å². The van der Waals surface area contributed by atoms with Crippen molar-refractivity contribution < 1.29 is 4.42 Å². The van der Waals surface area contributed by atoms with Crippen molar-refractivity contribution in [1.29, 1.82) is 0 Å². The average molecular weight is 281 g/mol. The molecule has 2 heterocycles. The predicted molar refractivity (Wildman–Crippen MR) is 82.7 cm³/mol. The van der Waals surface area contributed by atoms with Crippen molar-refractivity contribution in [2.24, 2.45) is 0 Å². The van der Waals surface area contributed by atoms with Crippen LogP contribution in [0.2, 0.25) is 0 Å². The molecule has 1 aromatic carbocycles. The smallest absolute Gasteiger partial charge is 0.134 e. The molecule has 21 heavy (non-hydrogen) atoms. The number of aromatic nitrogens is 2. The molecule has 0 amide bonds. The normalized spacial score (nSPS) is 10.9. The third kappa shape index (κ3) is 3.83. The zero-order chi connectivity index (χ0) is 14.3. The highest BCUT2D eigenvalue weighted by Crippen LogP contribution is 2.21. The Bertz CT molecular complexity index is 644. The van der Waals surface area contributed by atoms with Gasteiger partial charge in [0.25, 0.3) is 0 Å². The first kappa shape index (κ1) is 13.6. The number of nitrogens with zero attached hydrogens (tertiary/aromatic N) is 2. The Balaban J connectivity index is 1.43. The second-order valence-corrected chi connectivity index (χ2v) is 4.96. The largest absolute Gasteiger partial charge is 0.460 e. The van der Waals surface area contributed by atoms with Crippen molar-refractivity contribution in [3.8, 4) is 11.3 Å². The SMILES string of the molecule is c1ccc(-c2ccc(CNCCCn3ccnc3)o2)cc1. The molecule has 0 aliphatic carbocycles. The molecule has 2 aromatic heterocycles. The highest BCUT2D eigenvalue weighted by Gasteiger charge is 2.03. The summed E-state index contributed by atoms with van der Waals surface area (Å²) in [6, 6.07) is 14.2. The van der Waals surface area contributed by atoms with Gasteiger partial charge < -0.3 is 14.3 Å². The standard InChI is InChI=1S/C17H19N3O/c1-2-5-15(6-3-1)17-8-7-16(21-17)13-18-9-4-11-20-12-10-19-14-20/h1-3,5-8,10,12,14,18H,4,9,11,13H2. The molecule has 0 unspecified atom stereocenters. The summed E-state index contributed by atoms with van der Waals surface area (Å²) in [5, 5.41) is 3.40. The molecular formula is C17H19N3O. The maximum absolute atomic E-state index is 5.84. The van der Waals surface area contributed by atoms with E-state index >= 15 is 0 Å². The lowest BCUT2D eigenvalue weighted by Gasteiger charge is -2.03. The summed E-state index contributed by atoms with van der Waals surface area (Å²) in [6.45, 7) is 2.71. The Morgan fingerprint density at radius 3 is 2.81 bits per heavy atom. The number of aryl methyl sites for hydroxylation is 1. The first-order valence-electron chi connectivity index (χ1n) is 7.22. The van der Waals surface area contributed by atoms with Crippen LogP contribution in [0.25, 0.3) is 11.3 Å². The summed E-state index contributed by atoms with van der Waals surface area (Å²) in [4.78, 5) is 4.03. The van der Waals surface area contributed by atoms with E-state index in [0.29, 0.717) is 0 Å². The minimum atomic E-state index is 0.761. The van der Waals surface area contributed by atoms with Crippen LogP contribution in [0.15, 0.2) is 65.6 Å². The van der Waals surface area contributed by atoms with Crippen LogP contribution in [0.3, 0.4) is 0 Å². The fraction of sp³-hybridized carbons (Fsp3) is 0.235. The van der Waals surface area contributed by atoms with Crippen LogP contribution in [-0.4, -0.2) is 16.1 Å². The molecule has 0 saturated carbocycles. The number of nitrogens with one attached hydrogen (secondary N) is 1. The molecule has 0 radical (unpaired) electrons. The van der Waals surface area contributed by atoms with Gasteiger partial charge in [0, 0.05) is 24.5 Å². The second kappa shape index (κ2) is 6.90. The molecule has 0 aliphatic rings. The van der Waals surface area contributed by atoms with Gasteiger partial charge in [0.2, 0.25) is 0 Å². The number of hydrogen-bond acceptors (Lipinski definition) is 3. The minimum absolute atomic E-state index is 0.761. The molecule has 3 aromatic rings. The van der Waals surface area contributed by atoms with Gasteiger partial charge >= 0.3 is 0 Å². The fourth-order valence-electron chi connectivity index (χ4n) is 2.25. The van der Waals surface area contributed by atoms with Gasteiger partial charge in [-0.05, 0) is 25.1 Å². The lowest BCUT2D eigenvalue weighted by molar-refractivity contribution is 0.484. The molecule has 0 spiro atoms. The molecule has 4 nitrogen and oxygen atoms in total. The van der Waals surface area contributed by atoms with Crippen molar-refractivity contribution in [2.75, 3.05) is 6.54 Å². The van der Waals surface area contributed by atoms with E-state index in [1.165, 1.54) is 0 Å². The number of rotatable bonds is 7. The van der Waals surface area contributed by atoms with Crippen molar-refractivity contribution in [3.63, 3.8) is 0 Å². The number of imidazole rings is 1. The summed E-state index contributed by atoms with van der Waals surface area (Å²) < 4.78 is 7.93. The summed E-state index contributed by atoms with van der Waals surface area (Å²) in [5.41, 5.74) is 1.11. The highest BCUT2D eigenvalue weighted by atomic mass is 16.3. The third-order valence-electron chi connectivity index (χ3n) is 3.35. The van der Waals surface area contributed by atoms with Crippen molar-refractivity contribution >= 4 is 0 Å². The molecule has 0 atom stereocenters. The lowest BCUT2D eigenvalue weighted by atomic mass is 10.2. The van der Waals surface area contributed by atoms with Crippen LogP contribution < -0.4 is 5.32 Å². The minimum Gasteiger partial charge on any atom is -0.460 e. The zero-order valence-corrected chi connectivity index (χ0v) is 11.9. The number of furan rings is 1. The van der Waals surface area contributed by atoms with Gasteiger partial charge in [0.15, 0.2) is 0 Å². The van der Waals surface area contributed by atoms with E-state index in [2.05, 4.69) is 27.0 Å². The number of hydrogen-bond donors (Lipinski definition) is 1. The summed E-state index contributed by atoms with van der Waals surface area (Å²) in [6.07, 6.45) is 6.71. The molecule has 1 N–H and O–H groups in total. The van der Waals surface area contributed by atoms with E-state index in [9.17, 15) is 0 Å². The van der Waals surface area contributed by atoms with Gasteiger partial charge in [-0.2, -0.15) is 0 Å². The zero-order valence-electron chi connectivity index (χ0n) is 11.9. The van der Waals surface area contributed by atoms with Crippen LogP contribution in [0.5, 0.6) is 0 Å². The first-order chi connectivity index (χ1) is 10.4. The van der Waals surface area contributed by atoms with E-state index in [1.807, 2.05) is 42.9 Å². The van der Waals surface area contributed by atoms with Crippen LogP contribution in [0.1, 0.15) is 12.2 Å². The molecule has 0 fully saturated rings. The Morgan fingerprint density at radius 1 is 1.10 bits per heavy atom. The predicted octanol–water partition coefficient (Wildman–Crippen LogP) is 3.32. The van der Waals surface area contributed by atoms with E-state index in [0.717, 1.165) is 43.1 Å². The third-order valence-corrected chi connectivity index (χ3v) is 3.35. The fourth-order valence-corrected chi connectivity index (χ4v) is 2.25. The molecule has 4 heteroatoms. The molecule has 0 aliphatic heterocycles. The molecule has 0 bridgehead atoms. The molecule has 108 valence electrons. The van der Waals surface area contributed by atoms with E-state index < -0.39 is 0 Å². The Kier molecular flexibility index (Phi) is 4.49. The molecule has 0 saturated heterocycles. The van der Waals surface area contributed by atoms with Gasteiger partial charge in [0.1, 0.15) is 11.5 Å². The Labute approximate surface area is 124 Å². The first-order valence-corrected chi connectivity index (χ1v) is 7.22. The monoisotopic (exact) mass is 281 g/mol. The van der Waals surface area contributed by atoms with Crippen LogP contribution in [0, 0.1) is 0 Å². The van der Waals surface area contributed by atoms with Crippen molar-refractivity contribution in [3.05, 3.63) is 66.9 Å². The highest BCUT2D eigenvalue weighted by molar-refractivity contribution is 5.57. The summed E-state index contributed by atoms with van der Waals surface area (Å²) >= 11 is 0. The summed E-state index contributed by atoms with van der Waals surface area (Å²) in [7, 11) is 0. The van der Waals surface area contributed by atoms with Gasteiger partial charge in [-0.25, -0.2) is 4.98 Å².